The lowest BCUT2D eigenvalue weighted by Crippen LogP contribution is -2.05. The number of nitrogens with zero attached hydrogens (tertiary/aromatic N) is 4. The summed E-state index contributed by atoms with van der Waals surface area (Å²) in [5, 5.41) is 11.2. The first-order chi connectivity index (χ1) is 11.4. The molecule has 0 bridgehead atoms. The molecule has 1 aromatic carbocycles. The molecular weight excluding hydrogens is 294 g/mol. The molecule has 23 heavy (non-hydrogen) atoms. The standard InChI is InChI=1S/C16H13N5O2/c1-2-11(7-17-5-1)8-18-16-20-13(9-19-21-16)12-3-4-14-15(6-12)23-10-22-14/h1-7,9H,8,10H2,(H,18,20,21). The number of nitrogens with one attached hydrogen (secondary N) is 1. The Kier molecular flexibility index (Phi) is 3.44. The minimum atomic E-state index is 0.249. The Morgan fingerprint density at radius 1 is 1.09 bits per heavy atom. The fourth-order valence-corrected chi connectivity index (χ4v) is 2.26. The minimum absolute atomic E-state index is 0.249. The summed E-state index contributed by atoms with van der Waals surface area (Å²) in [6.07, 6.45) is 5.15. The maximum absolute atomic E-state index is 5.39. The van der Waals surface area contributed by atoms with Crippen molar-refractivity contribution < 1.29 is 9.47 Å². The molecule has 1 aliphatic rings. The predicted molar refractivity (Wildman–Crippen MR) is 82.9 cm³/mol. The van der Waals surface area contributed by atoms with E-state index in [1.165, 1.54) is 0 Å². The van der Waals surface area contributed by atoms with Crippen LogP contribution in [0.2, 0.25) is 0 Å². The van der Waals surface area contributed by atoms with Crippen molar-refractivity contribution in [3.8, 4) is 22.8 Å². The molecule has 0 saturated heterocycles. The number of hydrogen-bond donors (Lipinski definition) is 1. The number of fused-ring (bicyclic) bond motifs is 1. The van der Waals surface area contributed by atoms with Crippen LogP contribution in [0.5, 0.6) is 11.5 Å². The van der Waals surface area contributed by atoms with Crippen LogP contribution in [0.25, 0.3) is 11.3 Å². The molecule has 4 rings (SSSR count). The van der Waals surface area contributed by atoms with Gasteiger partial charge in [0.05, 0.1) is 11.9 Å². The van der Waals surface area contributed by atoms with Crippen molar-refractivity contribution in [1.82, 2.24) is 20.2 Å². The lowest BCUT2D eigenvalue weighted by molar-refractivity contribution is 0.174. The number of anilines is 1. The highest BCUT2D eigenvalue weighted by Gasteiger charge is 2.14. The Labute approximate surface area is 132 Å². The Balaban J connectivity index is 1.54. The van der Waals surface area contributed by atoms with Crippen LogP contribution >= 0.6 is 0 Å². The zero-order valence-corrected chi connectivity index (χ0v) is 12.1. The van der Waals surface area contributed by atoms with E-state index >= 15 is 0 Å². The molecule has 2 aromatic heterocycles. The summed E-state index contributed by atoms with van der Waals surface area (Å²) in [6, 6.07) is 9.54. The third-order valence-electron chi connectivity index (χ3n) is 3.40. The largest absolute Gasteiger partial charge is 0.454 e. The number of pyridine rings is 1. The molecule has 7 heteroatoms. The molecule has 7 nitrogen and oxygen atoms in total. The third-order valence-corrected chi connectivity index (χ3v) is 3.40. The summed E-state index contributed by atoms with van der Waals surface area (Å²) in [5.41, 5.74) is 2.66. The van der Waals surface area contributed by atoms with Gasteiger partial charge in [-0.15, -0.1) is 5.10 Å². The third kappa shape index (κ3) is 2.89. The second-order valence-electron chi connectivity index (χ2n) is 4.95. The molecular formula is C16H13N5O2. The highest BCUT2D eigenvalue weighted by Crippen LogP contribution is 2.35. The van der Waals surface area contributed by atoms with Crippen molar-refractivity contribution >= 4 is 5.95 Å². The SMILES string of the molecule is c1cncc(CNc2nncc(-c3ccc4c(c3)OCO4)n2)c1. The number of aromatic nitrogens is 4. The first-order valence-corrected chi connectivity index (χ1v) is 7.11. The molecule has 0 saturated carbocycles. The normalized spacial score (nSPS) is 12.2. The van der Waals surface area contributed by atoms with Gasteiger partial charge in [0.2, 0.25) is 12.7 Å². The van der Waals surface area contributed by atoms with Gasteiger partial charge in [-0.3, -0.25) is 4.98 Å². The van der Waals surface area contributed by atoms with Crippen molar-refractivity contribution in [3.63, 3.8) is 0 Å². The molecule has 0 aliphatic carbocycles. The number of rotatable bonds is 4. The maximum Gasteiger partial charge on any atom is 0.243 e. The minimum Gasteiger partial charge on any atom is -0.454 e. The summed E-state index contributed by atoms with van der Waals surface area (Å²) in [4.78, 5) is 8.56. The Bertz CT molecular complexity index is 826. The smallest absolute Gasteiger partial charge is 0.243 e. The van der Waals surface area contributed by atoms with Crippen LogP contribution in [0, 0.1) is 0 Å². The molecule has 0 amide bonds. The van der Waals surface area contributed by atoms with E-state index in [0.717, 1.165) is 16.9 Å². The van der Waals surface area contributed by atoms with Gasteiger partial charge in [-0.2, -0.15) is 5.10 Å². The fraction of sp³-hybridized carbons (Fsp3) is 0.125. The zero-order chi connectivity index (χ0) is 15.5. The van der Waals surface area contributed by atoms with Gasteiger partial charge in [0.15, 0.2) is 11.5 Å². The van der Waals surface area contributed by atoms with Crippen molar-refractivity contribution in [2.75, 3.05) is 12.1 Å². The van der Waals surface area contributed by atoms with Gasteiger partial charge in [0.25, 0.3) is 0 Å². The lowest BCUT2D eigenvalue weighted by atomic mass is 10.1. The highest BCUT2D eigenvalue weighted by molar-refractivity contribution is 5.64. The molecule has 1 aliphatic heterocycles. The predicted octanol–water partition coefficient (Wildman–Crippen LogP) is 2.27. The summed E-state index contributed by atoms with van der Waals surface area (Å²) >= 11 is 0. The molecule has 3 heterocycles. The molecule has 0 radical (unpaired) electrons. The number of benzene rings is 1. The number of hydrogen-bond acceptors (Lipinski definition) is 7. The summed E-state index contributed by atoms with van der Waals surface area (Å²) in [6.45, 7) is 0.832. The van der Waals surface area contributed by atoms with E-state index in [1.54, 1.807) is 18.6 Å². The van der Waals surface area contributed by atoms with Crippen LogP contribution < -0.4 is 14.8 Å². The van der Waals surface area contributed by atoms with E-state index < -0.39 is 0 Å². The van der Waals surface area contributed by atoms with E-state index in [1.807, 2.05) is 30.3 Å². The summed E-state index contributed by atoms with van der Waals surface area (Å²) < 4.78 is 10.7. The van der Waals surface area contributed by atoms with Crippen molar-refractivity contribution in [1.29, 1.82) is 0 Å². The van der Waals surface area contributed by atoms with E-state index in [-0.39, 0.29) is 6.79 Å². The average Bonchev–Trinajstić information content (AvgIpc) is 3.09. The first-order valence-electron chi connectivity index (χ1n) is 7.11. The first kappa shape index (κ1) is 13.4. The van der Waals surface area contributed by atoms with Crippen LogP contribution in [-0.4, -0.2) is 27.0 Å². The van der Waals surface area contributed by atoms with Gasteiger partial charge in [-0.25, -0.2) is 4.98 Å². The molecule has 114 valence electrons. The van der Waals surface area contributed by atoms with Gasteiger partial charge in [-0.1, -0.05) is 6.07 Å². The Morgan fingerprint density at radius 3 is 2.96 bits per heavy atom. The molecule has 0 unspecified atom stereocenters. The fourth-order valence-electron chi connectivity index (χ4n) is 2.26. The van der Waals surface area contributed by atoms with Gasteiger partial charge in [0, 0.05) is 24.5 Å². The van der Waals surface area contributed by atoms with Gasteiger partial charge in [0.1, 0.15) is 0 Å². The second-order valence-corrected chi connectivity index (χ2v) is 4.95. The van der Waals surface area contributed by atoms with Crippen LogP contribution in [0.4, 0.5) is 5.95 Å². The average molecular weight is 307 g/mol. The summed E-state index contributed by atoms with van der Waals surface area (Å²) in [7, 11) is 0. The molecule has 0 spiro atoms. The molecule has 0 atom stereocenters. The Morgan fingerprint density at radius 2 is 2.04 bits per heavy atom. The summed E-state index contributed by atoms with van der Waals surface area (Å²) in [5.74, 6) is 1.92. The Hall–Kier alpha value is -3.22. The topological polar surface area (TPSA) is 82.1 Å². The quantitative estimate of drug-likeness (QED) is 0.791. The van der Waals surface area contributed by atoms with Crippen LogP contribution in [0.3, 0.4) is 0 Å². The lowest BCUT2D eigenvalue weighted by Gasteiger charge is -2.06. The maximum atomic E-state index is 5.39. The highest BCUT2D eigenvalue weighted by atomic mass is 16.7. The second kappa shape index (κ2) is 5.88. The van der Waals surface area contributed by atoms with Crippen LogP contribution in [0.15, 0.2) is 48.9 Å². The molecule has 1 N–H and O–H groups in total. The van der Waals surface area contributed by atoms with Gasteiger partial charge >= 0.3 is 0 Å². The van der Waals surface area contributed by atoms with E-state index in [0.29, 0.717) is 23.9 Å². The van der Waals surface area contributed by atoms with Gasteiger partial charge < -0.3 is 14.8 Å². The molecule has 3 aromatic rings. The molecule has 0 fully saturated rings. The van der Waals surface area contributed by atoms with E-state index in [4.69, 9.17) is 9.47 Å². The van der Waals surface area contributed by atoms with Crippen molar-refractivity contribution in [2.24, 2.45) is 0 Å². The van der Waals surface area contributed by atoms with Gasteiger partial charge in [-0.05, 0) is 29.8 Å². The van der Waals surface area contributed by atoms with E-state index in [9.17, 15) is 0 Å². The van der Waals surface area contributed by atoms with E-state index in [2.05, 4.69) is 25.5 Å². The number of ether oxygens (including phenoxy) is 2. The van der Waals surface area contributed by atoms with Crippen LogP contribution in [0.1, 0.15) is 5.56 Å². The monoisotopic (exact) mass is 307 g/mol. The van der Waals surface area contributed by atoms with Crippen molar-refractivity contribution in [3.05, 3.63) is 54.5 Å². The van der Waals surface area contributed by atoms with Crippen molar-refractivity contribution in [2.45, 2.75) is 6.54 Å². The zero-order valence-electron chi connectivity index (χ0n) is 12.1. The van der Waals surface area contributed by atoms with Crippen LogP contribution in [-0.2, 0) is 6.54 Å².